The maximum atomic E-state index is 11.5. The molecule has 0 aromatic heterocycles. The summed E-state index contributed by atoms with van der Waals surface area (Å²) in [7, 11) is 2.86. The zero-order valence-corrected chi connectivity index (χ0v) is 9.69. The number of esters is 1. The molecule has 1 aromatic carbocycles. The van der Waals surface area contributed by atoms with Crippen molar-refractivity contribution in [3.05, 3.63) is 23.8 Å². The van der Waals surface area contributed by atoms with Crippen molar-refractivity contribution in [1.82, 2.24) is 0 Å². The van der Waals surface area contributed by atoms with Gasteiger partial charge in [-0.2, -0.15) is 0 Å². The smallest absolute Gasteiger partial charge is 0.313 e. The lowest BCUT2D eigenvalue weighted by molar-refractivity contribution is -0.142. The number of carbonyl (C=O) groups excluding carboxylic acids is 1. The van der Waals surface area contributed by atoms with E-state index in [0.717, 1.165) is 0 Å². The highest BCUT2D eigenvalue weighted by Gasteiger charge is 2.22. The van der Waals surface area contributed by atoms with Crippen LogP contribution in [0.25, 0.3) is 0 Å². The van der Waals surface area contributed by atoms with Crippen molar-refractivity contribution < 1.29 is 19.4 Å². The molecular formula is C12H16O4. The molecule has 0 heterocycles. The number of carbonyl (C=O) groups is 1. The maximum Gasteiger partial charge on any atom is 0.313 e. The van der Waals surface area contributed by atoms with Gasteiger partial charge in [0.25, 0.3) is 0 Å². The lowest BCUT2D eigenvalue weighted by Crippen LogP contribution is -2.13. The largest absolute Gasteiger partial charge is 0.508 e. The minimum absolute atomic E-state index is 0.0524. The van der Waals surface area contributed by atoms with Gasteiger partial charge in [-0.3, -0.25) is 4.79 Å². The first-order valence-corrected chi connectivity index (χ1v) is 5.08. The molecule has 1 rings (SSSR count). The van der Waals surface area contributed by atoms with Gasteiger partial charge < -0.3 is 14.6 Å². The first-order chi connectivity index (χ1) is 7.63. The summed E-state index contributed by atoms with van der Waals surface area (Å²) in [6, 6.07) is 4.88. The summed E-state index contributed by atoms with van der Waals surface area (Å²) >= 11 is 0. The summed E-state index contributed by atoms with van der Waals surface area (Å²) in [6.45, 7) is 1.87. The normalized spacial score (nSPS) is 11.9. The van der Waals surface area contributed by atoms with Crippen LogP contribution < -0.4 is 4.74 Å². The average molecular weight is 224 g/mol. The summed E-state index contributed by atoms with van der Waals surface area (Å²) in [4.78, 5) is 11.5. The third-order valence-corrected chi connectivity index (χ3v) is 2.51. The van der Waals surface area contributed by atoms with Gasteiger partial charge in [0.15, 0.2) is 0 Å². The van der Waals surface area contributed by atoms with Crippen LogP contribution in [0.15, 0.2) is 18.2 Å². The van der Waals surface area contributed by atoms with Crippen molar-refractivity contribution in [2.24, 2.45) is 0 Å². The molecule has 16 heavy (non-hydrogen) atoms. The fourth-order valence-electron chi connectivity index (χ4n) is 1.60. The Balaban J connectivity index is 3.06. The maximum absolute atomic E-state index is 11.5. The number of phenolic OH excluding ortho intramolecular Hbond substituents is 1. The van der Waals surface area contributed by atoms with Crippen LogP contribution in [0, 0.1) is 0 Å². The molecule has 0 aliphatic carbocycles. The van der Waals surface area contributed by atoms with E-state index in [0.29, 0.717) is 17.7 Å². The number of ether oxygens (including phenoxy) is 2. The highest BCUT2D eigenvalue weighted by Crippen LogP contribution is 2.32. The number of aromatic hydroxyl groups is 1. The molecular weight excluding hydrogens is 208 g/mol. The van der Waals surface area contributed by atoms with Crippen LogP contribution in [0.5, 0.6) is 11.5 Å². The zero-order chi connectivity index (χ0) is 12.1. The van der Waals surface area contributed by atoms with Gasteiger partial charge in [0.2, 0.25) is 0 Å². The Morgan fingerprint density at radius 1 is 1.44 bits per heavy atom. The molecule has 0 amide bonds. The molecule has 0 aliphatic rings. The second kappa shape index (κ2) is 5.39. The molecule has 4 heteroatoms. The van der Waals surface area contributed by atoms with Crippen molar-refractivity contribution in [3.8, 4) is 11.5 Å². The predicted molar refractivity (Wildman–Crippen MR) is 59.7 cm³/mol. The van der Waals surface area contributed by atoms with Gasteiger partial charge in [-0.05, 0) is 12.5 Å². The minimum Gasteiger partial charge on any atom is -0.508 e. The van der Waals surface area contributed by atoms with Gasteiger partial charge in [-0.15, -0.1) is 0 Å². The van der Waals surface area contributed by atoms with Gasteiger partial charge in [-0.1, -0.05) is 13.0 Å². The molecule has 0 aliphatic heterocycles. The van der Waals surface area contributed by atoms with Gasteiger partial charge in [0, 0.05) is 11.6 Å². The Morgan fingerprint density at radius 3 is 2.56 bits per heavy atom. The zero-order valence-electron chi connectivity index (χ0n) is 9.69. The number of phenols is 1. The summed E-state index contributed by atoms with van der Waals surface area (Å²) in [6.07, 6.45) is 0.576. The Bertz CT molecular complexity index is 373. The van der Waals surface area contributed by atoms with E-state index in [1.807, 2.05) is 6.92 Å². The molecule has 0 radical (unpaired) electrons. The van der Waals surface area contributed by atoms with E-state index >= 15 is 0 Å². The molecule has 0 spiro atoms. The molecule has 0 bridgehead atoms. The van der Waals surface area contributed by atoms with E-state index in [4.69, 9.17) is 4.74 Å². The van der Waals surface area contributed by atoms with Gasteiger partial charge >= 0.3 is 5.97 Å². The highest BCUT2D eigenvalue weighted by atomic mass is 16.5. The van der Waals surface area contributed by atoms with E-state index in [9.17, 15) is 9.90 Å². The lowest BCUT2D eigenvalue weighted by Gasteiger charge is -2.14. The van der Waals surface area contributed by atoms with Gasteiger partial charge in [0.05, 0.1) is 20.1 Å². The second-order valence-electron chi connectivity index (χ2n) is 3.41. The molecule has 1 atom stereocenters. The lowest BCUT2D eigenvalue weighted by atomic mass is 9.95. The molecule has 0 saturated carbocycles. The fourth-order valence-corrected chi connectivity index (χ4v) is 1.60. The predicted octanol–water partition coefficient (Wildman–Crippen LogP) is 2.07. The van der Waals surface area contributed by atoms with Crippen molar-refractivity contribution in [2.75, 3.05) is 14.2 Å². The van der Waals surface area contributed by atoms with E-state index in [1.54, 1.807) is 12.1 Å². The Labute approximate surface area is 94.8 Å². The third-order valence-electron chi connectivity index (χ3n) is 2.51. The first-order valence-electron chi connectivity index (χ1n) is 5.08. The van der Waals surface area contributed by atoms with Crippen LogP contribution in [0.1, 0.15) is 24.8 Å². The van der Waals surface area contributed by atoms with Crippen molar-refractivity contribution in [1.29, 1.82) is 0 Å². The van der Waals surface area contributed by atoms with Crippen LogP contribution in [-0.4, -0.2) is 25.3 Å². The summed E-state index contributed by atoms with van der Waals surface area (Å²) in [5.41, 5.74) is 0.565. The van der Waals surface area contributed by atoms with Crippen molar-refractivity contribution in [3.63, 3.8) is 0 Å². The van der Waals surface area contributed by atoms with Crippen LogP contribution in [0.2, 0.25) is 0 Å². The number of rotatable bonds is 4. The molecule has 1 N–H and O–H groups in total. The molecule has 0 saturated heterocycles. The molecule has 1 unspecified atom stereocenters. The number of benzene rings is 1. The van der Waals surface area contributed by atoms with E-state index in [2.05, 4.69) is 4.74 Å². The monoisotopic (exact) mass is 224 g/mol. The number of methoxy groups -OCH3 is 2. The van der Waals surface area contributed by atoms with Crippen LogP contribution in [-0.2, 0) is 9.53 Å². The van der Waals surface area contributed by atoms with Crippen molar-refractivity contribution in [2.45, 2.75) is 19.3 Å². The Morgan fingerprint density at radius 2 is 2.12 bits per heavy atom. The number of hydrogen-bond acceptors (Lipinski definition) is 4. The Hall–Kier alpha value is -1.71. The van der Waals surface area contributed by atoms with Gasteiger partial charge in [-0.25, -0.2) is 0 Å². The summed E-state index contributed by atoms with van der Waals surface area (Å²) < 4.78 is 9.66. The average Bonchev–Trinajstić information content (AvgIpc) is 2.31. The van der Waals surface area contributed by atoms with Crippen LogP contribution in [0.3, 0.4) is 0 Å². The minimum atomic E-state index is -0.434. The third kappa shape index (κ3) is 2.45. The first kappa shape index (κ1) is 12.4. The SMILES string of the molecule is CCC(C(=O)OC)c1ccc(OC)cc1O. The Kier molecular flexibility index (Phi) is 4.17. The standard InChI is InChI=1S/C12H16O4/c1-4-9(12(14)16-3)10-6-5-8(15-2)7-11(10)13/h5-7,9,13H,4H2,1-3H3. The van der Waals surface area contributed by atoms with E-state index in [1.165, 1.54) is 20.3 Å². The van der Waals surface area contributed by atoms with Crippen molar-refractivity contribution >= 4 is 5.97 Å². The molecule has 4 nitrogen and oxygen atoms in total. The summed E-state index contributed by atoms with van der Waals surface area (Å²) in [5, 5.41) is 9.78. The second-order valence-corrected chi connectivity index (χ2v) is 3.41. The number of hydrogen-bond donors (Lipinski definition) is 1. The van der Waals surface area contributed by atoms with E-state index < -0.39 is 5.92 Å². The fraction of sp³-hybridized carbons (Fsp3) is 0.417. The molecule has 1 aromatic rings. The quantitative estimate of drug-likeness (QED) is 0.795. The van der Waals surface area contributed by atoms with Crippen LogP contribution in [0.4, 0.5) is 0 Å². The van der Waals surface area contributed by atoms with E-state index in [-0.39, 0.29) is 11.7 Å². The highest BCUT2D eigenvalue weighted by molar-refractivity contribution is 5.79. The molecule has 0 fully saturated rings. The summed E-state index contributed by atoms with van der Waals surface area (Å²) in [5.74, 6) is -0.170. The van der Waals surface area contributed by atoms with Crippen LogP contribution >= 0.6 is 0 Å². The van der Waals surface area contributed by atoms with Gasteiger partial charge in [0.1, 0.15) is 11.5 Å². The topological polar surface area (TPSA) is 55.8 Å². The molecule has 88 valence electrons.